The van der Waals surface area contributed by atoms with Crippen LogP contribution in [-0.2, 0) is 16.0 Å². The smallest absolute Gasteiger partial charge is 0.309 e. The first-order valence-corrected chi connectivity index (χ1v) is 6.76. The van der Waals surface area contributed by atoms with E-state index in [1.54, 1.807) is 24.3 Å². The molecule has 0 unspecified atom stereocenters. The number of hydrogen-bond acceptors (Lipinski definition) is 5. The Bertz CT molecular complexity index is 703. The number of carbonyl (C=O) groups excluding carboxylic acids is 1. The third-order valence-electron chi connectivity index (χ3n) is 2.81. The minimum atomic E-state index is -0.486. The van der Waals surface area contributed by atoms with Gasteiger partial charge in [-0.25, -0.2) is 4.98 Å². The summed E-state index contributed by atoms with van der Waals surface area (Å²) in [5.74, 6) is -0.370. The average molecular weight is 351 g/mol. The van der Waals surface area contributed by atoms with E-state index in [0.29, 0.717) is 15.6 Å². The Morgan fingerprint density at radius 2 is 2.19 bits per heavy atom. The van der Waals surface area contributed by atoms with Gasteiger partial charge in [0, 0.05) is 22.3 Å². The lowest BCUT2D eigenvalue weighted by Crippen LogP contribution is -2.04. The summed E-state index contributed by atoms with van der Waals surface area (Å²) in [6, 6.07) is 8.28. The van der Waals surface area contributed by atoms with E-state index in [9.17, 15) is 14.9 Å². The molecule has 0 bridgehead atoms. The molecule has 21 heavy (non-hydrogen) atoms. The number of benzene rings is 1. The van der Waals surface area contributed by atoms with Crippen LogP contribution in [0.1, 0.15) is 5.56 Å². The fraction of sp³-hybridized carbons (Fsp3) is 0.143. The van der Waals surface area contributed by atoms with Crippen molar-refractivity contribution in [2.75, 3.05) is 7.11 Å². The second kappa shape index (κ2) is 6.45. The summed E-state index contributed by atoms with van der Waals surface area (Å²) in [5.41, 5.74) is 1.45. The Kier molecular flexibility index (Phi) is 4.64. The van der Waals surface area contributed by atoms with Crippen LogP contribution in [-0.4, -0.2) is 23.0 Å². The number of nitro groups is 1. The van der Waals surface area contributed by atoms with Crippen LogP contribution in [0.3, 0.4) is 0 Å². The molecule has 0 aliphatic heterocycles. The molecule has 7 heteroatoms. The normalized spacial score (nSPS) is 10.2. The second-order valence-corrected chi connectivity index (χ2v) is 5.15. The number of aromatic nitrogens is 1. The van der Waals surface area contributed by atoms with E-state index in [-0.39, 0.29) is 23.8 Å². The van der Waals surface area contributed by atoms with Gasteiger partial charge in [0.15, 0.2) is 0 Å². The largest absolute Gasteiger partial charge is 0.469 e. The van der Waals surface area contributed by atoms with Gasteiger partial charge in [-0.3, -0.25) is 14.9 Å². The lowest BCUT2D eigenvalue weighted by molar-refractivity contribution is -0.384. The molecular formula is C14H11BrN2O4. The molecule has 2 rings (SSSR count). The van der Waals surface area contributed by atoms with Crippen molar-refractivity contribution >= 4 is 27.6 Å². The van der Waals surface area contributed by atoms with Crippen molar-refractivity contribution in [3.63, 3.8) is 0 Å². The van der Waals surface area contributed by atoms with E-state index in [1.165, 1.54) is 19.4 Å². The number of pyridine rings is 1. The number of hydrogen-bond donors (Lipinski definition) is 0. The van der Waals surface area contributed by atoms with Gasteiger partial charge in [-0.1, -0.05) is 18.2 Å². The molecule has 0 radical (unpaired) electrons. The van der Waals surface area contributed by atoms with Crippen LogP contribution in [0, 0.1) is 10.1 Å². The first-order chi connectivity index (χ1) is 10.0. The number of halogens is 1. The molecule has 0 fully saturated rings. The van der Waals surface area contributed by atoms with Crippen molar-refractivity contribution in [1.29, 1.82) is 0 Å². The van der Waals surface area contributed by atoms with E-state index in [4.69, 9.17) is 0 Å². The van der Waals surface area contributed by atoms with E-state index < -0.39 is 4.92 Å². The quantitative estimate of drug-likeness (QED) is 0.480. The summed E-state index contributed by atoms with van der Waals surface area (Å²) in [5, 5.41) is 11.1. The first-order valence-electron chi connectivity index (χ1n) is 5.97. The highest BCUT2D eigenvalue weighted by Crippen LogP contribution is 2.30. The van der Waals surface area contributed by atoms with Crippen molar-refractivity contribution in [1.82, 2.24) is 4.98 Å². The summed E-state index contributed by atoms with van der Waals surface area (Å²) in [6.07, 6.45) is 1.60. The fourth-order valence-corrected chi connectivity index (χ4v) is 2.18. The molecule has 108 valence electrons. The monoisotopic (exact) mass is 350 g/mol. The van der Waals surface area contributed by atoms with Crippen LogP contribution in [0.5, 0.6) is 0 Å². The molecule has 1 aromatic heterocycles. The molecule has 0 N–H and O–H groups in total. The molecule has 1 aromatic carbocycles. The van der Waals surface area contributed by atoms with Crippen molar-refractivity contribution in [2.24, 2.45) is 0 Å². The van der Waals surface area contributed by atoms with Crippen LogP contribution in [0.15, 0.2) is 41.0 Å². The maximum Gasteiger partial charge on any atom is 0.309 e. The summed E-state index contributed by atoms with van der Waals surface area (Å²) in [7, 11) is 1.31. The Labute approximate surface area is 129 Å². The van der Waals surface area contributed by atoms with Gasteiger partial charge in [0.25, 0.3) is 5.69 Å². The van der Waals surface area contributed by atoms with Gasteiger partial charge in [-0.05, 0) is 27.6 Å². The SMILES string of the molecule is COC(=O)Cc1cccc(-c2ncc(Br)cc2[N+](=O)[O-])c1. The zero-order chi connectivity index (χ0) is 15.4. The standard InChI is InChI=1S/C14H11BrN2O4/c1-21-13(18)6-9-3-2-4-10(5-9)14-12(17(19)20)7-11(15)8-16-14/h2-5,7-8H,6H2,1H3. The average Bonchev–Trinajstić information content (AvgIpc) is 2.47. The zero-order valence-electron chi connectivity index (χ0n) is 11.1. The number of nitrogens with zero attached hydrogens (tertiary/aromatic N) is 2. The Morgan fingerprint density at radius 1 is 1.43 bits per heavy atom. The highest BCUT2D eigenvalue weighted by molar-refractivity contribution is 9.10. The minimum Gasteiger partial charge on any atom is -0.469 e. The van der Waals surface area contributed by atoms with Crippen LogP contribution in [0.25, 0.3) is 11.3 Å². The van der Waals surface area contributed by atoms with Gasteiger partial charge in [-0.2, -0.15) is 0 Å². The van der Waals surface area contributed by atoms with E-state index in [2.05, 4.69) is 25.7 Å². The molecule has 0 atom stereocenters. The molecule has 0 aliphatic carbocycles. The number of carbonyl (C=O) groups is 1. The lowest BCUT2D eigenvalue weighted by Gasteiger charge is -2.05. The predicted molar refractivity (Wildman–Crippen MR) is 79.7 cm³/mol. The number of rotatable bonds is 4. The van der Waals surface area contributed by atoms with Crippen LogP contribution in [0.2, 0.25) is 0 Å². The van der Waals surface area contributed by atoms with Crippen molar-refractivity contribution in [3.05, 3.63) is 56.7 Å². The molecule has 0 saturated heterocycles. The van der Waals surface area contributed by atoms with E-state index in [0.717, 1.165) is 0 Å². The van der Waals surface area contributed by atoms with Crippen molar-refractivity contribution in [3.8, 4) is 11.3 Å². The minimum absolute atomic E-state index is 0.0976. The van der Waals surface area contributed by atoms with Gasteiger partial charge in [0.1, 0.15) is 5.69 Å². The maximum absolute atomic E-state index is 11.3. The van der Waals surface area contributed by atoms with E-state index in [1.807, 2.05) is 0 Å². The molecular weight excluding hydrogens is 340 g/mol. The van der Waals surface area contributed by atoms with Crippen molar-refractivity contribution < 1.29 is 14.5 Å². The van der Waals surface area contributed by atoms with Gasteiger partial charge in [0.2, 0.25) is 0 Å². The predicted octanol–water partition coefficient (Wildman–Crippen LogP) is 3.13. The molecule has 0 aliphatic rings. The van der Waals surface area contributed by atoms with Gasteiger partial charge in [-0.15, -0.1) is 0 Å². The number of esters is 1. The van der Waals surface area contributed by atoms with Gasteiger partial charge >= 0.3 is 5.97 Å². The lowest BCUT2D eigenvalue weighted by atomic mass is 10.0. The Balaban J connectivity index is 2.45. The molecule has 0 spiro atoms. The Morgan fingerprint density at radius 3 is 2.86 bits per heavy atom. The van der Waals surface area contributed by atoms with Gasteiger partial charge < -0.3 is 4.74 Å². The fourth-order valence-electron chi connectivity index (χ4n) is 1.86. The second-order valence-electron chi connectivity index (χ2n) is 4.23. The third-order valence-corrected chi connectivity index (χ3v) is 3.24. The van der Waals surface area contributed by atoms with E-state index >= 15 is 0 Å². The topological polar surface area (TPSA) is 82.3 Å². The first kappa shape index (κ1) is 15.1. The maximum atomic E-state index is 11.3. The van der Waals surface area contributed by atoms with Crippen LogP contribution in [0.4, 0.5) is 5.69 Å². The molecule has 2 aromatic rings. The zero-order valence-corrected chi connectivity index (χ0v) is 12.7. The summed E-state index contributed by atoms with van der Waals surface area (Å²) >= 11 is 3.17. The van der Waals surface area contributed by atoms with Crippen LogP contribution < -0.4 is 0 Å². The van der Waals surface area contributed by atoms with Crippen LogP contribution >= 0.6 is 15.9 Å². The molecule has 6 nitrogen and oxygen atoms in total. The summed E-state index contributed by atoms with van der Waals surface area (Å²) in [4.78, 5) is 26.0. The highest BCUT2D eigenvalue weighted by atomic mass is 79.9. The van der Waals surface area contributed by atoms with Crippen molar-refractivity contribution in [2.45, 2.75) is 6.42 Å². The summed E-state index contributed by atoms with van der Waals surface area (Å²) in [6.45, 7) is 0. The molecule has 0 saturated carbocycles. The third kappa shape index (κ3) is 3.63. The number of methoxy groups -OCH3 is 1. The van der Waals surface area contributed by atoms with Gasteiger partial charge in [0.05, 0.1) is 18.5 Å². The molecule has 1 heterocycles. The number of ether oxygens (including phenoxy) is 1. The Hall–Kier alpha value is -2.28. The molecule has 0 amide bonds. The highest BCUT2D eigenvalue weighted by Gasteiger charge is 2.18. The summed E-state index contributed by atoms with van der Waals surface area (Å²) < 4.78 is 5.14.